The van der Waals surface area contributed by atoms with Gasteiger partial charge in [-0.15, -0.1) is 0 Å². The van der Waals surface area contributed by atoms with Crippen molar-refractivity contribution < 1.29 is 9.53 Å². The molecule has 2 fully saturated rings. The molecule has 1 aromatic rings. The Kier molecular flexibility index (Phi) is 3.55. The third-order valence-corrected chi connectivity index (χ3v) is 5.16. The molecule has 1 spiro atoms. The lowest BCUT2D eigenvalue weighted by molar-refractivity contribution is -0.145. The number of hydrogen-bond acceptors (Lipinski definition) is 3. The quantitative estimate of drug-likeness (QED) is 0.790. The first-order valence-electron chi connectivity index (χ1n) is 7.62. The van der Waals surface area contributed by atoms with Gasteiger partial charge in [0.05, 0.1) is 12.5 Å². The van der Waals surface area contributed by atoms with E-state index >= 15 is 0 Å². The fraction of sp³-hybridized carbons (Fsp3) is 0.588. The maximum atomic E-state index is 11.9. The number of carbonyl (C=O) groups excluding carboxylic acids is 1. The SMILES string of the molecule is CCOC(=O)C1CC12CCN(Cc1ccccc1)C2C. The van der Waals surface area contributed by atoms with Crippen LogP contribution in [0.2, 0.25) is 0 Å². The molecule has 3 atom stereocenters. The standard InChI is InChI=1S/C17H23NO2/c1-3-20-16(19)15-11-17(15)9-10-18(13(17)2)12-14-7-5-4-6-8-14/h4-8,13,15H,3,9-12H2,1-2H3. The van der Waals surface area contributed by atoms with Crippen LogP contribution >= 0.6 is 0 Å². The second-order valence-corrected chi connectivity index (χ2v) is 6.12. The van der Waals surface area contributed by atoms with Gasteiger partial charge >= 0.3 is 5.97 Å². The van der Waals surface area contributed by atoms with Gasteiger partial charge in [0.1, 0.15) is 0 Å². The Hall–Kier alpha value is -1.35. The monoisotopic (exact) mass is 273 g/mol. The van der Waals surface area contributed by atoms with Crippen molar-refractivity contribution in [3.05, 3.63) is 35.9 Å². The van der Waals surface area contributed by atoms with Crippen molar-refractivity contribution in [3.63, 3.8) is 0 Å². The van der Waals surface area contributed by atoms with E-state index in [1.807, 2.05) is 6.92 Å². The van der Waals surface area contributed by atoms with Crippen LogP contribution in [-0.2, 0) is 16.1 Å². The molecule has 1 aliphatic carbocycles. The number of carbonyl (C=O) groups is 1. The Bertz CT molecular complexity index is 487. The summed E-state index contributed by atoms with van der Waals surface area (Å²) in [5.74, 6) is 0.152. The summed E-state index contributed by atoms with van der Waals surface area (Å²) in [5, 5.41) is 0. The molecule has 0 aromatic heterocycles. The summed E-state index contributed by atoms with van der Waals surface area (Å²) >= 11 is 0. The zero-order chi connectivity index (χ0) is 14.2. The number of rotatable bonds is 4. The number of nitrogens with zero attached hydrogens (tertiary/aromatic N) is 1. The zero-order valence-electron chi connectivity index (χ0n) is 12.3. The summed E-state index contributed by atoms with van der Waals surface area (Å²) in [5.41, 5.74) is 1.55. The maximum Gasteiger partial charge on any atom is 0.309 e. The molecule has 108 valence electrons. The minimum atomic E-state index is 0.0147. The Balaban J connectivity index is 1.64. The molecule has 1 saturated carbocycles. The molecule has 0 bridgehead atoms. The highest BCUT2D eigenvalue weighted by atomic mass is 16.5. The van der Waals surface area contributed by atoms with Crippen molar-refractivity contribution in [1.29, 1.82) is 0 Å². The highest BCUT2D eigenvalue weighted by Crippen LogP contribution is 2.62. The van der Waals surface area contributed by atoms with E-state index in [-0.39, 0.29) is 17.3 Å². The number of hydrogen-bond donors (Lipinski definition) is 0. The van der Waals surface area contributed by atoms with Gasteiger partial charge in [0.15, 0.2) is 0 Å². The van der Waals surface area contributed by atoms with E-state index < -0.39 is 0 Å². The van der Waals surface area contributed by atoms with E-state index in [1.54, 1.807) is 0 Å². The topological polar surface area (TPSA) is 29.5 Å². The lowest BCUT2D eigenvalue weighted by Crippen LogP contribution is -2.32. The van der Waals surface area contributed by atoms with E-state index in [2.05, 4.69) is 42.2 Å². The average Bonchev–Trinajstić information content (AvgIpc) is 3.12. The van der Waals surface area contributed by atoms with Crippen molar-refractivity contribution in [2.24, 2.45) is 11.3 Å². The normalized spacial score (nSPS) is 32.5. The first-order valence-corrected chi connectivity index (χ1v) is 7.62. The van der Waals surface area contributed by atoms with Crippen LogP contribution in [0.4, 0.5) is 0 Å². The van der Waals surface area contributed by atoms with Gasteiger partial charge in [0.25, 0.3) is 0 Å². The third kappa shape index (κ3) is 2.24. The largest absolute Gasteiger partial charge is 0.466 e. The lowest BCUT2D eigenvalue weighted by atomic mass is 9.95. The number of ether oxygens (including phenoxy) is 1. The molecule has 1 aliphatic heterocycles. The highest BCUT2D eigenvalue weighted by molar-refractivity contribution is 5.77. The van der Waals surface area contributed by atoms with Crippen LogP contribution in [-0.4, -0.2) is 30.1 Å². The Morgan fingerprint density at radius 1 is 1.40 bits per heavy atom. The van der Waals surface area contributed by atoms with Crippen LogP contribution in [0.3, 0.4) is 0 Å². The number of likely N-dealkylation sites (tertiary alicyclic amines) is 1. The average molecular weight is 273 g/mol. The minimum absolute atomic E-state index is 0.0147. The molecule has 0 radical (unpaired) electrons. The van der Waals surface area contributed by atoms with Crippen LogP contribution in [0.15, 0.2) is 30.3 Å². The second kappa shape index (κ2) is 5.21. The van der Waals surface area contributed by atoms with E-state index in [1.165, 1.54) is 5.56 Å². The number of esters is 1. The van der Waals surface area contributed by atoms with Gasteiger partial charge in [-0.2, -0.15) is 0 Å². The van der Waals surface area contributed by atoms with Gasteiger partial charge in [0.2, 0.25) is 0 Å². The highest BCUT2D eigenvalue weighted by Gasteiger charge is 2.65. The second-order valence-electron chi connectivity index (χ2n) is 6.12. The third-order valence-electron chi connectivity index (χ3n) is 5.16. The first kappa shape index (κ1) is 13.6. The van der Waals surface area contributed by atoms with Crippen molar-refractivity contribution in [3.8, 4) is 0 Å². The fourth-order valence-electron chi connectivity index (χ4n) is 3.77. The Morgan fingerprint density at radius 3 is 2.85 bits per heavy atom. The van der Waals surface area contributed by atoms with E-state index in [0.29, 0.717) is 12.6 Å². The molecule has 3 nitrogen and oxygen atoms in total. The van der Waals surface area contributed by atoms with Crippen molar-refractivity contribution in [1.82, 2.24) is 4.90 Å². The molecule has 3 heteroatoms. The molecule has 2 aliphatic rings. The summed E-state index contributed by atoms with van der Waals surface area (Å²) in [6, 6.07) is 11.0. The summed E-state index contributed by atoms with van der Waals surface area (Å²) < 4.78 is 5.20. The minimum Gasteiger partial charge on any atom is -0.466 e. The van der Waals surface area contributed by atoms with Crippen molar-refractivity contribution in [2.75, 3.05) is 13.2 Å². The molecule has 20 heavy (non-hydrogen) atoms. The Morgan fingerprint density at radius 2 is 2.15 bits per heavy atom. The molecule has 1 heterocycles. The molecular formula is C17H23NO2. The predicted octanol–water partition coefficient (Wildman–Crippen LogP) is 2.85. The molecule has 0 amide bonds. The van der Waals surface area contributed by atoms with Crippen LogP contribution in [0.1, 0.15) is 32.3 Å². The molecule has 3 rings (SSSR count). The van der Waals surface area contributed by atoms with Gasteiger partial charge in [-0.1, -0.05) is 30.3 Å². The van der Waals surface area contributed by atoms with Crippen LogP contribution in [0.25, 0.3) is 0 Å². The molecule has 1 aromatic carbocycles. The van der Waals surface area contributed by atoms with E-state index in [4.69, 9.17) is 4.74 Å². The fourth-order valence-corrected chi connectivity index (χ4v) is 3.77. The van der Waals surface area contributed by atoms with Gasteiger partial charge in [-0.3, -0.25) is 9.69 Å². The number of benzene rings is 1. The summed E-state index contributed by atoms with van der Waals surface area (Å²) in [7, 11) is 0. The van der Waals surface area contributed by atoms with Gasteiger partial charge in [0, 0.05) is 18.0 Å². The van der Waals surface area contributed by atoms with Gasteiger partial charge < -0.3 is 4.74 Å². The van der Waals surface area contributed by atoms with Crippen LogP contribution in [0, 0.1) is 11.3 Å². The van der Waals surface area contributed by atoms with E-state index in [0.717, 1.165) is 25.9 Å². The maximum absolute atomic E-state index is 11.9. The molecular weight excluding hydrogens is 250 g/mol. The molecule has 0 N–H and O–H groups in total. The predicted molar refractivity (Wildman–Crippen MR) is 78.1 cm³/mol. The van der Waals surface area contributed by atoms with Crippen molar-refractivity contribution >= 4 is 5.97 Å². The lowest BCUT2D eigenvalue weighted by Gasteiger charge is -2.25. The smallest absolute Gasteiger partial charge is 0.309 e. The Labute approximate surface area is 120 Å². The summed E-state index contributed by atoms with van der Waals surface area (Å²) in [6.07, 6.45) is 2.14. The van der Waals surface area contributed by atoms with Gasteiger partial charge in [-0.25, -0.2) is 0 Å². The van der Waals surface area contributed by atoms with Crippen molar-refractivity contribution in [2.45, 2.75) is 39.3 Å². The molecule has 3 unspecified atom stereocenters. The first-order chi connectivity index (χ1) is 9.67. The summed E-state index contributed by atoms with van der Waals surface area (Å²) in [6.45, 7) is 6.72. The summed E-state index contributed by atoms with van der Waals surface area (Å²) in [4.78, 5) is 14.4. The zero-order valence-corrected chi connectivity index (χ0v) is 12.3. The van der Waals surface area contributed by atoms with Crippen LogP contribution in [0.5, 0.6) is 0 Å². The van der Waals surface area contributed by atoms with Gasteiger partial charge in [-0.05, 0) is 38.8 Å². The molecule has 1 saturated heterocycles. The van der Waals surface area contributed by atoms with Crippen LogP contribution < -0.4 is 0 Å². The van der Waals surface area contributed by atoms with E-state index in [9.17, 15) is 4.79 Å².